The van der Waals surface area contributed by atoms with Gasteiger partial charge in [0.25, 0.3) is 5.91 Å². The Bertz CT molecular complexity index is 695. The summed E-state index contributed by atoms with van der Waals surface area (Å²) in [7, 11) is 0. The number of aryl methyl sites for hydroxylation is 1. The average molecular weight is 329 g/mol. The molecular weight excluding hydrogens is 306 g/mol. The van der Waals surface area contributed by atoms with Crippen molar-refractivity contribution < 1.29 is 4.79 Å². The van der Waals surface area contributed by atoms with Gasteiger partial charge >= 0.3 is 0 Å². The Balaban J connectivity index is 1.85. The Morgan fingerprint density at radius 3 is 2.91 bits per heavy atom. The van der Waals surface area contributed by atoms with Gasteiger partial charge in [-0.1, -0.05) is 24.3 Å². The van der Waals surface area contributed by atoms with Gasteiger partial charge in [0.05, 0.1) is 0 Å². The summed E-state index contributed by atoms with van der Waals surface area (Å²) in [5.41, 5.74) is 8.89. The van der Waals surface area contributed by atoms with Gasteiger partial charge in [-0.05, 0) is 38.7 Å². The van der Waals surface area contributed by atoms with Gasteiger partial charge in [-0.25, -0.2) is 4.98 Å². The van der Waals surface area contributed by atoms with E-state index >= 15 is 0 Å². The molecule has 3 rings (SSSR count). The van der Waals surface area contributed by atoms with E-state index in [9.17, 15) is 4.79 Å². The highest BCUT2D eigenvalue weighted by molar-refractivity contribution is 7.13. The maximum atomic E-state index is 12.9. The summed E-state index contributed by atoms with van der Waals surface area (Å²) in [6.45, 7) is 4.83. The van der Waals surface area contributed by atoms with Gasteiger partial charge in [-0.2, -0.15) is 0 Å². The van der Waals surface area contributed by atoms with E-state index < -0.39 is 0 Å². The quantitative estimate of drug-likeness (QED) is 0.938. The monoisotopic (exact) mass is 329 g/mol. The van der Waals surface area contributed by atoms with Crippen LogP contribution in [0.15, 0.2) is 29.6 Å². The molecule has 0 bridgehead atoms. The molecule has 2 aromatic rings. The van der Waals surface area contributed by atoms with Crippen LogP contribution in [0.25, 0.3) is 10.6 Å². The predicted molar refractivity (Wildman–Crippen MR) is 94.6 cm³/mol. The number of aromatic nitrogens is 1. The standard InChI is InChI=1S/C18H23N3OS/c1-12-7-3-4-8-14(12)17-20-15(11-23-17)18(22)21-10-6-5-9-16(21)13(2)19/h3-4,7-8,11,13,16H,5-6,9-10,19H2,1-2H3. The van der Waals surface area contributed by atoms with Crippen LogP contribution in [0.1, 0.15) is 42.2 Å². The molecule has 1 saturated heterocycles. The number of nitrogens with zero attached hydrogens (tertiary/aromatic N) is 2. The number of carbonyl (C=O) groups excluding carboxylic acids is 1. The molecule has 0 spiro atoms. The number of hydrogen-bond donors (Lipinski definition) is 1. The van der Waals surface area contributed by atoms with Crippen molar-refractivity contribution >= 4 is 17.2 Å². The lowest BCUT2D eigenvalue weighted by Crippen LogP contribution is -2.51. The number of benzene rings is 1. The van der Waals surface area contributed by atoms with Crippen LogP contribution in [-0.4, -0.2) is 34.4 Å². The predicted octanol–water partition coefficient (Wildman–Crippen LogP) is 3.46. The van der Waals surface area contributed by atoms with Crippen LogP contribution in [0.4, 0.5) is 0 Å². The van der Waals surface area contributed by atoms with E-state index in [4.69, 9.17) is 5.73 Å². The van der Waals surface area contributed by atoms with Crippen molar-refractivity contribution in [2.75, 3.05) is 6.54 Å². The number of nitrogens with two attached hydrogens (primary N) is 1. The molecule has 4 nitrogen and oxygen atoms in total. The normalized spacial score (nSPS) is 19.6. The van der Waals surface area contributed by atoms with E-state index in [-0.39, 0.29) is 18.0 Å². The van der Waals surface area contributed by atoms with Crippen LogP contribution in [0.2, 0.25) is 0 Å². The smallest absolute Gasteiger partial charge is 0.273 e. The van der Waals surface area contributed by atoms with Crippen molar-refractivity contribution in [3.8, 4) is 10.6 Å². The van der Waals surface area contributed by atoms with Gasteiger partial charge < -0.3 is 10.6 Å². The van der Waals surface area contributed by atoms with E-state index in [1.54, 1.807) is 0 Å². The Morgan fingerprint density at radius 1 is 1.39 bits per heavy atom. The minimum atomic E-state index is -0.00581. The highest BCUT2D eigenvalue weighted by Gasteiger charge is 2.31. The van der Waals surface area contributed by atoms with Gasteiger partial charge in [-0.15, -0.1) is 11.3 Å². The molecule has 1 aliphatic heterocycles. The number of thiazole rings is 1. The summed E-state index contributed by atoms with van der Waals surface area (Å²) in [6.07, 6.45) is 3.17. The van der Waals surface area contributed by atoms with Crippen molar-refractivity contribution in [2.45, 2.75) is 45.2 Å². The second-order valence-corrected chi connectivity index (χ2v) is 7.13. The molecule has 0 saturated carbocycles. The minimum Gasteiger partial charge on any atom is -0.333 e. The summed E-state index contributed by atoms with van der Waals surface area (Å²) in [4.78, 5) is 19.4. The molecule has 1 aliphatic rings. The Labute approximate surface area is 141 Å². The minimum absolute atomic E-state index is 0.00581. The van der Waals surface area contributed by atoms with Crippen molar-refractivity contribution in [1.82, 2.24) is 9.88 Å². The number of rotatable bonds is 3. The molecule has 1 fully saturated rings. The molecule has 0 aliphatic carbocycles. The van der Waals surface area contributed by atoms with Crippen LogP contribution in [0.3, 0.4) is 0 Å². The number of piperidine rings is 1. The number of hydrogen-bond acceptors (Lipinski definition) is 4. The number of amides is 1. The SMILES string of the molecule is Cc1ccccc1-c1nc(C(=O)N2CCCCC2C(C)N)cs1. The topological polar surface area (TPSA) is 59.2 Å². The Hall–Kier alpha value is -1.72. The first-order valence-corrected chi connectivity index (χ1v) is 9.04. The summed E-state index contributed by atoms with van der Waals surface area (Å²) < 4.78 is 0. The highest BCUT2D eigenvalue weighted by Crippen LogP contribution is 2.28. The fourth-order valence-electron chi connectivity index (χ4n) is 3.21. The summed E-state index contributed by atoms with van der Waals surface area (Å²) in [6, 6.07) is 8.25. The fourth-order valence-corrected chi connectivity index (χ4v) is 4.10. The largest absolute Gasteiger partial charge is 0.333 e. The van der Waals surface area contributed by atoms with Crippen LogP contribution in [0.5, 0.6) is 0 Å². The van der Waals surface area contributed by atoms with Crippen LogP contribution >= 0.6 is 11.3 Å². The molecule has 1 aromatic heterocycles. The third-order valence-electron chi connectivity index (χ3n) is 4.52. The Kier molecular flexibility index (Phi) is 4.78. The van der Waals surface area contributed by atoms with Gasteiger partial charge in [0.2, 0.25) is 0 Å². The van der Waals surface area contributed by atoms with Gasteiger partial charge in [-0.3, -0.25) is 4.79 Å². The second kappa shape index (κ2) is 6.81. The van der Waals surface area contributed by atoms with Crippen molar-refractivity contribution in [1.29, 1.82) is 0 Å². The van der Waals surface area contributed by atoms with Gasteiger partial charge in [0.1, 0.15) is 10.7 Å². The summed E-state index contributed by atoms with van der Waals surface area (Å²) in [5, 5.41) is 2.78. The molecule has 2 unspecified atom stereocenters. The second-order valence-electron chi connectivity index (χ2n) is 6.27. The molecular formula is C18H23N3OS. The molecule has 1 amide bonds. The molecule has 5 heteroatoms. The first-order valence-electron chi connectivity index (χ1n) is 8.16. The van der Waals surface area contributed by atoms with E-state index in [0.29, 0.717) is 5.69 Å². The average Bonchev–Trinajstić information content (AvgIpc) is 3.04. The molecule has 122 valence electrons. The maximum Gasteiger partial charge on any atom is 0.273 e. The van der Waals surface area contributed by atoms with Crippen molar-refractivity contribution in [3.05, 3.63) is 40.9 Å². The first kappa shape index (κ1) is 16.1. The summed E-state index contributed by atoms with van der Waals surface area (Å²) in [5.74, 6) is 0.0167. The maximum absolute atomic E-state index is 12.9. The zero-order valence-corrected chi connectivity index (χ0v) is 14.5. The molecule has 1 aromatic carbocycles. The van der Waals surface area contributed by atoms with E-state index in [1.165, 1.54) is 16.9 Å². The molecule has 0 radical (unpaired) electrons. The summed E-state index contributed by atoms with van der Waals surface area (Å²) >= 11 is 1.53. The van der Waals surface area contributed by atoms with Crippen LogP contribution in [0, 0.1) is 6.92 Å². The van der Waals surface area contributed by atoms with E-state index in [0.717, 1.165) is 36.4 Å². The third kappa shape index (κ3) is 3.31. The van der Waals surface area contributed by atoms with Gasteiger partial charge in [0, 0.05) is 29.6 Å². The molecule has 23 heavy (non-hydrogen) atoms. The lowest BCUT2D eigenvalue weighted by Gasteiger charge is -2.37. The molecule has 2 heterocycles. The zero-order valence-electron chi connectivity index (χ0n) is 13.7. The number of likely N-dealkylation sites (tertiary alicyclic amines) is 1. The first-order chi connectivity index (χ1) is 11.1. The molecule has 2 atom stereocenters. The number of carbonyl (C=O) groups is 1. The fraction of sp³-hybridized carbons (Fsp3) is 0.444. The van der Waals surface area contributed by atoms with Crippen LogP contribution in [-0.2, 0) is 0 Å². The lowest BCUT2D eigenvalue weighted by molar-refractivity contribution is 0.0578. The van der Waals surface area contributed by atoms with Crippen molar-refractivity contribution in [2.24, 2.45) is 5.73 Å². The lowest BCUT2D eigenvalue weighted by atomic mass is 9.96. The van der Waals surface area contributed by atoms with E-state index in [2.05, 4.69) is 18.0 Å². The zero-order chi connectivity index (χ0) is 16.4. The Morgan fingerprint density at radius 2 is 2.17 bits per heavy atom. The van der Waals surface area contributed by atoms with E-state index in [1.807, 2.05) is 35.4 Å². The van der Waals surface area contributed by atoms with Gasteiger partial charge in [0.15, 0.2) is 0 Å². The van der Waals surface area contributed by atoms with Crippen LogP contribution < -0.4 is 5.73 Å². The molecule has 2 N–H and O–H groups in total. The highest BCUT2D eigenvalue weighted by atomic mass is 32.1. The van der Waals surface area contributed by atoms with Crippen molar-refractivity contribution in [3.63, 3.8) is 0 Å². The third-order valence-corrected chi connectivity index (χ3v) is 5.39.